The normalized spacial score (nSPS) is 16.9. The summed E-state index contributed by atoms with van der Waals surface area (Å²) in [4.78, 5) is 25.4. The fourth-order valence-corrected chi connectivity index (χ4v) is 5.16. The highest BCUT2D eigenvalue weighted by molar-refractivity contribution is 5.89. The minimum atomic E-state index is -4.83. The molecule has 0 aliphatic carbocycles. The average molecular weight is 766 g/mol. The number of hydrogen-bond acceptors (Lipinski definition) is 4. The van der Waals surface area contributed by atoms with Crippen molar-refractivity contribution in [2.75, 3.05) is 7.11 Å². The van der Waals surface area contributed by atoms with Gasteiger partial charge < -0.3 is 14.6 Å². The summed E-state index contributed by atoms with van der Waals surface area (Å²) in [5, 5.41) is 9.17. The average Bonchev–Trinajstić information content (AvgIpc) is 3.31. The Morgan fingerprint density at radius 1 is 0.906 bits per heavy atom. The van der Waals surface area contributed by atoms with Crippen LogP contribution in [0.3, 0.4) is 0 Å². The molecule has 1 amide bonds. The van der Waals surface area contributed by atoms with Gasteiger partial charge in [0.1, 0.15) is 23.5 Å². The largest absolute Gasteiger partial charge is 0.496 e. The number of hydrogen-bond donors (Lipinski definition) is 1. The highest BCUT2D eigenvalue weighted by Gasteiger charge is 2.41. The van der Waals surface area contributed by atoms with Crippen LogP contribution < -0.4 is 4.74 Å². The van der Waals surface area contributed by atoms with E-state index in [1.165, 1.54) is 32.3 Å². The minimum Gasteiger partial charge on any atom is -0.496 e. The first kappa shape index (κ1) is 42.1. The van der Waals surface area contributed by atoms with E-state index in [1.54, 1.807) is 6.92 Å². The van der Waals surface area contributed by atoms with Gasteiger partial charge in [-0.3, -0.25) is 4.90 Å². The van der Waals surface area contributed by atoms with Gasteiger partial charge in [-0.15, -0.1) is 0 Å². The lowest BCUT2D eigenvalue weighted by Crippen LogP contribution is -2.34. The van der Waals surface area contributed by atoms with Gasteiger partial charge in [0.15, 0.2) is 0 Å². The van der Waals surface area contributed by atoms with Gasteiger partial charge in [0, 0.05) is 35.8 Å². The molecule has 1 saturated heterocycles. The van der Waals surface area contributed by atoms with Crippen LogP contribution in [-0.4, -0.2) is 53.7 Å². The van der Waals surface area contributed by atoms with Crippen molar-refractivity contribution in [3.05, 3.63) is 113 Å². The zero-order valence-electron chi connectivity index (χ0n) is 28.1. The maximum Gasteiger partial charge on any atom is 0.416 e. The lowest BCUT2D eigenvalue weighted by Gasteiger charge is -2.24. The zero-order chi connectivity index (χ0) is 40.1. The van der Waals surface area contributed by atoms with Crippen molar-refractivity contribution in [2.45, 2.75) is 58.0 Å². The molecule has 3 aromatic carbocycles. The van der Waals surface area contributed by atoms with E-state index in [9.17, 15) is 53.5 Å². The number of cyclic esters (lactones) is 1. The molecular formula is C36H30F11NO5. The van der Waals surface area contributed by atoms with Crippen molar-refractivity contribution < 1.29 is 72.5 Å². The first-order valence-electron chi connectivity index (χ1n) is 15.2. The fraction of sp³-hybridized carbons (Fsp3) is 0.278. The summed E-state index contributed by atoms with van der Waals surface area (Å²) >= 11 is 0. The Kier molecular flexibility index (Phi) is 13.1. The van der Waals surface area contributed by atoms with E-state index in [-0.39, 0.29) is 52.1 Å². The van der Waals surface area contributed by atoms with Crippen molar-refractivity contribution >= 4 is 12.1 Å². The summed E-state index contributed by atoms with van der Waals surface area (Å²) in [5.41, 5.74) is -2.35. The van der Waals surface area contributed by atoms with E-state index in [0.717, 1.165) is 53.4 Å². The third kappa shape index (κ3) is 11.3. The Bertz CT molecular complexity index is 1910. The lowest BCUT2D eigenvalue weighted by atomic mass is 9.92. The number of methoxy groups -OCH3 is 1. The molecule has 2 unspecified atom stereocenters. The van der Waals surface area contributed by atoms with Crippen molar-refractivity contribution in [3.8, 4) is 28.0 Å². The highest BCUT2D eigenvalue weighted by atomic mass is 19.4. The van der Waals surface area contributed by atoms with Crippen LogP contribution in [0.1, 0.15) is 42.3 Å². The maximum atomic E-state index is 15.3. The topological polar surface area (TPSA) is 76.1 Å². The molecule has 3 aromatic rings. The van der Waals surface area contributed by atoms with Crippen LogP contribution in [0, 0.1) is 11.6 Å². The Balaban J connectivity index is 0.00000141. The van der Waals surface area contributed by atoms with Crippen molar-refractivity contribution in [1.82, 2.24) is 4.90 Å². The Labute approximate surface area is 295 Å². The summed E-state index contributed by atoms with van der Waals surface area (Å²) in [5.74, 6) is -3.66. The molecule has 4 rings (SSSR count). The van der Waals surface area contributed by atoms with E-state index in [1.807, 2.05) is 0 Å². The van der Waals surface area contributed by atoms with Crippen LogP contribution >= 0.6 is 0 Å². The van der Waals surface area contributed by atoms with E-state index >= 15 is 4.39 Å². The number of benzene rings is 3. The number of carbonyl (C=O) groups is 2. The summed E-state index contributed by atoms with van der Waals surface area (Å²) in [6.07, 6.45) is -10.8. The lowest BCUT2D eigenvalue weighted by molar-refractivity contribution is -0.137. The number of rotatable bonds is 9. The number of carboxylic acid groups (broad SMARTS) is 1. The third-order valence-corrected chi connectivity index (χ3v) is 7.53. The van der Waals surface area contributed by atoms with Gasteiger partial charge in [0.05, 0.1) is 30.8 Å². The molecule has 0 aromatic heterocycles. The SMILES string of the molecule is CC(F)(F)F.C\C=C/C=C(\C=C\C(F)(F)F)C1OC(=O)N(Cc2cc(C(F)(F)F)ccc2-c2cc(-c3ccc(C(=O)O)cc3F)c(F)cc2OC)C1C. The predicted molar refractivity (Wildman–Crippen MR) is 171 cm³/mol. The number of carbonyl (C=O) groups excluding carboxylic acids is 1. The minimum absolute atomic E-state index is 0.00196. The molecule has 1 N–H and O–H groups in total. The van der Waals surface area contributed by atoms with Gasteiger partial charge >= 0.3 is 30.6 Å². The summed E-state index contributed by atoms with van der Waals surface area (Å²) in [6.45, 7) is 2.72. The van der Waals surface area contributed by atoms with E-state index in [4.69, 9.17) is 14.6 Å². The summed E-state index contributed by atoms with van der Waals surface area (Å²) in [7, 11) is 1.17. The van der Waals surface area contributed by atoms with Crippen LogP contribution in [-0.2, 0) is 17.5 Å². The molecule has 1 aliphatic heterocycles. The third-order valence-electron chi connectivity index (χ3n) is 7.53. The first-order chi connectivity index (χ1) is 24.4. The fourth-order valence-electron chi connectivity index (χ4n) is 5.16. The predicted octanol–water partition coefficient (Wildman–Crippen LogP) is 10.9. The standard InChI is InChI=1S/C34H27F8NO5.C2H3F3/c1-4-5-6-19(11-12-33(37,38)39)30-18(2)43(32(46)48-30)17-21-13-22(34(40,41)42)8-10-23(21)26-15-25(28(36)16-29(26)47-3)24-9-7-20(31(44)45)14-27(24)35;1-2(3,4)5/h4-16,18,30H,17H2,1-3H3,(H,44,45);1H3/b5-4-,12-11+,19-6+;. The zero-order valence-corrected chi connectivity index (χ0v) is 28.1. The second kappa shape index (κ2) is 16.5. The molecule has 53 heavy (non-hydrogen) atoms. The van der Waals surface area contributed by atoms with Crippen LogP contribution in [0.4, 0.5) is 53.1 Å². The maximum absolute atomic E-state index is 15.3. The Hall–Kier alpha value is -5.35. The van der Waals surface area contributed by atoms with Crippen molar-refractivity contribution in [2.24, 2.45) is 0 Å². The number of amides is 1. The second-order valence-electron chi connectivity index (χ2n) is 11.4. The van der Waals surface area contributed by atoms with E-state index in [2.05, 4.69) is 0 Å². The number of allylic oxidation sites excluding steroid dienone is 4. The molecule has 6 nitrogen and oxygen atoms in total. The second-order valence-corrected chi connectivity index (χ2v) is 11.4. The molecule has 286 valence electrons. The van der Waals surface area contributed by atoms with Crippen LogP contribution in [0.15, 0.2) is 84.5 Å². The molecule has 2 atom stereocenters. The number of carboxylic acids is 1. The molecule has 0 bridgehead atoms. The van der Waals surface area contributed by atoms with Gasteiger partial charge in [-0.2, -0.15) is 39.5 Å². The van der Waals surface area contributed by atoms with Crippen molar-refractivity contribution in [1.29, 1.82) is 0 Å². The number of nitrogens with zero attached hydrogens (tertiary/aromatic N) is 1. The van der Waals surface area contributed by atoms with Gasteiger partial charge in [0.25, 0.3) is 0 Å². The number of alkyl halides is 9. The van der Waals surface area contributed by atoms with Gasteiger partial charge in [-0.05, 0) is 60.9 Å². The molecule has 17 heteroatoms. The number of ether oxygens (including phenoxy) is 2. The molecule has 0 spiro atoms. The number of aromatic carboxylic acids is 1. The van der Waals surface area contributed by atoms with E-state index < -0.39 is 72.0 Å². The Morgan fingerprint density at radius 2 is 1.51 bits per heavy atom. The highest BCUT2D eigenvalue weighted by Crippen LogP contribution is 2.42. The number of halogens is 11. The van der Waals surface area contributed by atoms with Gasteiger partial charge in [-0.25, -0.2) is 18.4 Å². The Morgan fingerprint density at radius 3 is 2.04 bits per heavy atom. The summed E-state index contributed by atoms with van der Waals surface area (Å²) < 4.78 is 153. The quantitative estimate of drug-likeness (QED) is 0.173. The van der Waals surface area contributed by atoms with Gasteiger partial charge in [0.2, 0.25) is 0 Å². The van der Waals surface area contributed by atoms with Gasteiger partial charge in [-0.1, -0.05) is 36.4 Å². The molecule has 1 aliphatic rings. The van der Waals surface area contributed by atoms with Crippen LogP contribution in [0.25, 0.3) is 22.3 Å². The smallest absolute Gasteiger partial charge is 0.416 e. The van der Waals surface area contributed by atoms with E-state index in [0.29, 0.717) is 6.07 Å². The van der Waals surface area contributed by atoms with Crippen molar-refractivity contribution in [3.63, 3.8) is 0 Å². The molecule has 1 heterocycles. The summed E-state index contributed by atoms with van der Waals surface area (Å²) in [6, 6.07) is 6.37. The molecule has 0 saturated carbocycles. The first-order valence-corrected chi connectivity index (χ1v) is 15.2. The monoisotopic (exact) mass is 765 g/mol. The molecule has 0 radical (unpaired) electrons. The van der Waals surface area contributed by atoms with Crippen LogP contribution in [0.2, 0.25) is 0 Å². The molecule has 1 fully saturated rings. The molecular weight excluding hydrogens is 735 g/mol. The van der Waals surface area contributed by atoms with Crippen LogP contribution in [0.5, 0.6) is 5.75 Å².